The molecule has 0 aromatic heterocycles. The zero-order valence-electron chi connectivity index (χ0n) is 12.3. The summed E-state index contributed by atoms with van der Waals surface area (Å²) >= 11 is 0. The van der Waals surface area contributed by atoms with Crippen LogP contribution in [0.15, 0.2) is 30.8 Å². The first-order chi connectivity index (χ1) is 9.24. The lowest BCUT2D eigenvalue weighted by molar-refractivity contribution is 0.129. The van der Waals surface area contributed by atoms with Gasteiger partial charge >= 0.3 is 0 Å². The van der Waals surface area contributed by atoms with E-state index in [9.17, 15) is 0 Å². The van der Waals surface area contributed by atoms with Crippen molar-refractivity contribution >= 4 is 5.57 Å². The molecule has 2 nitrogen and oxygen atoms in total. The summed E-state index contributed by atoms with van der Waals surface area (Å²) in [6, 6.07) is 8.12. The number of benzene rings is 1. The van der Waals surface area contributed by atoms with Crippen LogP contribution in [0, 0.1) is 0 Å². The fourth-order valence-corrected chi connectivity index (χ4v) is 1.76. The highest BCUT2D eigenvalue weighted by molar-refractivity contribution is 5.61. The second-order valence-corrected chi connectivity index (χ2v) is 4.83. The van der Waals surface area contributed by atoms with Crippen molar-refractivity contribution in [2.24, 2.45) is 0 Å². The Morgan fingerprint density at radius 2 is 1.68 bits per heavy atom. The third-order valence-corrected chi connectivity index (χ3v) is 2.90. The molecule has 0 amide bonds. The second kappa shape index (κ2) is 9.62. The van der Waals surface area contributed by atoms with Gasteiger partial charge in [0.2, 0.25) is 0 Å². The molecule has 0 unspecified atom stereocenters. The molecule has 106 valence electrons. The molecule has 0 aliphatic rings. The third kappa shape index (κ3) is 7.02. The van der Waals surface area contributed by atoms with E-state index in [0.717, 1.165) is 56.8 Å². The summed E-state index contributed by atoms with van der Waals surface area (Å²) in [5, 5.41) is 0. The molecule has 1 aromatic carbocycles. The van der Waals surface area contributed by atoms with Crippen LogP contribution < -0.4 is 4.74 Å². The SMILES string of the molecule is C=C(C)c1ccc(OCCCCCOCCC)cc1. The van der Waals surface area contributed by atoms with Crippen LogP contribution in [0.1, 0.15) is 45.1 Å². The predicted molar refractivity (Wildman–Crippen MR) is 81.6 cm³/mol. The lowest BCUT2D eigenvalue weighted by atomic mass is 10.1. The van der Waals surface area contributed by atoms with E-state index in [2.05, 4.69) is 25.6 Å². The average molecular weight is 262 g/mol. The van der Waals surface area contributed by atoms with Gasteiger partial charge < -0.3 is 9.47 Å². The Balaban J connectivity index is 2.07. The van der Waals surface area contributed by atoms with Gasteiger partial charge in [-0.15, -0.1) is 0 Å². The Kier molecular flexibility index (Phi) is 7.99. The summed E-state index contributed by atoms with van der Waals surface area (Å²) in [7, 11) is 0. The predicted octanol–water partition coefficient (Wildman–Crippen LogP) is 4.70. The van der Waals surface area contributed by atoms with Gasteiger partial charge in [-0.3, -0.25) is 0 Å². The van der Waals surface area contributed by atoms with E-state index in [1.54, 1.807) is 0 Å². The van der Waals surface area contributed by atoms with Crippen molar-refractivity contribution in [2.75, 3.05) is 19.8 Å². The first-order valence-electron chi connectivity index (χ1n) is 7.20. The molecular formula is C17H26O2. The maximum Gasteiger partial charge on any atom is 0.119 e. The van der Waals surface area contributed by atoms with Gasteiger partial charge in [0.15, 0.2) is 0 Å². The molecule has 0 bridgehead atoms. The molecule has 1 aromatic rings. The van der Waals surface area contributed by atoms with Crippen LogP contribution in [0.5, 0.6) is 5.75 Å². The molecule has 0 spiro atoms. The molecule has 0 aliphatic heterocycles. The van der Waals surface area contributed by atoms with E-state index in [-0.39, 0.29) is 0 Å². The van der Waals surface area contributed by atoms with E-state index in [1.165, 1.54) is 5.56 Å². The lowest BCUT2D eigenvalue weighted by Crippen LogP contribution is -2.00. The van der Waals surface area contributed by atoms with Crippen LogP contribution in [0.3, 0.4) is 0 Å². The van der Waals surface area contributed by atoms with Crippen LogP contribution in [-0.2, 0) is 4.74 Å². The molecule has 0 fully saturated rings. The minimum Gasteiger partial charge on any atom is -0.494 e. The van der Waals surface area contributed by atoms with Crippen molar-refractivity contribution < 1.29 is 9.47 Å². The summed E-state index contributed by atoms with van der Waals surface area (Å²) in [6.45, 7) is 10.6. The first kappa shape index (κ1) is 15.8. The van der Waals surface area contributed by atoms with Crippen LogP contribution in [0.25, 0.3) is 5.57 Å². The number of ether oxygens (including phenoxy) is 2. The first-order valence-corrected chi connectivity index (χ1v) is 7.20. The third-order valence-electron chi connectivity index (χ3n) is 2.90. The molecule has 0 heterocycles. The molecule has 0 saturated carbocycles. The van der Waals surface area contributed by atoms with Gasteiger partial charge in [0, 0.05) is 13.2 Å². The number of hydrogen-bond donors (Lipinski definition) is 0. The van der Waals surface area contributed by atoms with Crippen molar-refractivity contribution in [3.8, 4) is 5.75 Å². The van der Waals surface area contributed by atoms with Crippen LogP contribution in [-0.4, -0.2) is 19.8 Å². The van der Waals surface area contributed by atoms with Crippen molar-refractivity contribution in [1.82, 2.24) is 0 Å². The monoisotopic (exact) mass is 262 g/mol. The number of hydrogen-bond acceptors (Lipinski definition) is 2. The zero-order valence-corrected chi connectivity index (χ0v) is 12.3. The summed E-state index contributed by atoms with van der Waals surface area (Å²) < 4.78 is 11.1. The Bertz CT molecular complexity index is 354. The minimum absolute atomic E-state index is 0.778. The standard InChI is InChI=1S/C17H26O2/c1-4-12-18-13-6-5-7-14-19-17-10-8-16(9-11-17)15(2)3/h8-11H,2,4-7,12-14H2,1,3H3. The Hall–Kier alpha value is -1.28. The molecular weight excluding hydrogens is 236 g/mol. The van der Waals surface area contributed by atoms with E-state index in [1.807, 2.05) is 19.1 Å². The van der Waals surface area contributed by atoms with Gasteiger partial charge in [0.05, 0.1) is 6.61 Å². The maximum absolute atomic E-state index is 5.70. The molecule has 0 aliphatic carbocycles. The maximum atomic E-state index is 5.70. The molecule has 0 radical (unpaired) electrons. The number of rotatable bonds is 10. The summed E-state index contributed by atoms with van der Waals surface area (Å²) in [6.07, 6.45) is 4.46. The Morgan fingerprint density at radius 1 is 1.00 bits per heavy atom. The zero-order chi connectivity index (χ0) is 13.9. The number of allylic oxidation sites excluding steroid dienone is 1. The molecule has 2 heteroatoms. The Labute approximate surface area is 117 Å². The largest absolute Gasteiger partial charge is 0.494 e. The van der Waals surface area contributed by atoms with Gasteiger partial charge in [-0.1, -0.05) is 31.2 Å². The highest BCUT2D eigenvalue weighted by Gasteiger charge is 1.96. The van der Waals surface area contributed by atoms with Gasteiger partial charge in [0.1, 0.15) is 5.75 Å². The van der Waals surface area contributed by atoms with E-state index in [0.29, 0.717) is 0 Å². The quantitative estimate of drug-likeness (QED) is 0.569. The van der Waals surface area contributed by atoms with Crippen LogP contribution in [0.2, 0.25) is 0 Å². The summed E-state index contributed by atoms with van der Waals surface area (Å²) in [4.78, 5) is 0. The molecule has 0 atom stereocenters. The fraction of sp³-hybridized carbons (Fsp3) is 0.529. The molecule has 0 saturated heterocycles. The van der Waals surface area contributed by atoms with E-state index >= 15 is 0 Å². The molecule has 0 N–H and O–H groups in total. The Morgan fingerprint density at radius 3 is 2.32 bits per heavy atom. The smallest absolute Gasteiger partial charge is 0.119 e. The van der Waals surface area contributed by atoms with Crippen molar-refractivity contribution in [3.63, 3.8) is 0 Å². The normalized spacial score (nSPS) is 10.4. The topological polar surface area (TPSA) is 18.5 Å². The van der Waals surface area contributed by atoms with E-state index in [4.69, 9.17) is 9.47 Å². The van der Waals surface area contributed by atoms with Crippen molar-refractivity contribution in [3.05, 3.63) is 36.4 Å². The van der Waals surface area contributed by atoms with Gasteiger partial charge in [0.25, 0.3) is 0 Å². The lowest BCUT2D eigenvalue weighted by Gasteiger charge is -2.07. The highest BCUT2D eigenvalue weighted by atomic mass is 16.5. The fourth-order valence-electron chi connectivity index (χ4n) is 1.76. The van der Waals surface area contributed by atoms with Gasteiger partial charge in [-0.25, -0.2) is 0 Å². The molecule has 19 heavy (non-hydrogen) atoms. The summed E-state index contributed by atoms with van der Waals surface area (Å²) in [5.41, 5.74) is 2.25. The van der Waals surface area contributed by atoms with Gasteiger partial charge in [-0.2, -0.15) is 0 Å². The van der Waals surface area contributed by atoms with Gasteiger partial charge in [-0.05, 0) is 50.3 Å². The minimum atomic E-state index is 0.778. The number of unbranched alkanes of at least 4 members (excludes halogenated alkanes) is 2. The van der Waals surface area contributed by atoms with Crippen LogP contribution >= 0.6 is 0 Å². The van der Waals surface area contributed by atoms with Crippen molar-refractivity contribution in [1.29, 1.82) is 0 Å². The van der Waals surface area contributed by atoms with Crippen LogP contribution in [0.4, 0.5) is 0 Å². The highest BCUT2D eigenvalue weighted by Crippen LogP contribution is 2.17. The summed E-state index contributed by atoms with van der Waals surface area (Å²) in [5.74, 6) is 0.937. The van der Waals surface area contributed by atoms with Crippen molar-refractivity contribution in [2.45, 2.75) is 39.5 Å². The molecule has 1 rings (SSSR count). The van der Waals surface area contributed by atoms with E-state index < -0.39 is 0 Å². The average Bonchev–Trinajstić information content (AvgIpc) is 2.42. The second-order valence-electron chi connectivity index (χ2n) is 4.83.